The van der Waals surface area contributed by atoms with Crippen LogP contribution in [0.2, 0.25) is 0 Å². The smallest absolute Gasteiger partial charge is 0.247 e. The Labute approximate surface area is 96.6 Å². The molecule has 0 N–H and O–H groups in total. The van der Waals surface area contributed by atoms with Gasteiger partial charge in [-0.25, -0.2) is 4.99 Å². The summed E-state index contributed by atoms with van der Waals surface area (Å²) in [5.41, 5.74) is 2.24. The maximum Gasteiger partial charge on any atom is 0.247 e. The van der Waals surface area contributed by atoms with Crippen molar-refractivity contribution in [1.29, 1.82) is 0 Å². The summed E-state index contributed by atoms with van der Waals surface area (Å²) in [6.07, 6.45) is 1.38. The van der Waals surface area contributed by atoms with Gasteiger partial charge in [0.15, 0.2) is 0 Å². The molecule has 0 spiro atoms. The number of hydrogen-bond acceptors (Lipinski definition) is 1. The fourth-order valence-electron chi connectivity index (χ4n) is 1.50. The number of benzene rings is 1. The molecule has 0 saturated heterocycles. The fourth-order valence-corrected chi connectivity index (χ4v) is 2.24. The minimum absolute atomic E-state index is 0.0235. The van der Waals surface area contributed by atoms with E-state index < -0.39 is 0 Å². The van der Waals surface area contributed by atoms with Crippen LogP contribution in [0.5, 0.6) is 0 Å². The van der Waals surface area contributed by atoms with Crippen LogP contribution in [0.4, 0.5) is 0 Å². The Bertz CT molecular complexity index is 372. The quantitative estimate of drug-likeness (QED) is 0.609. The third-order valence-electron chi connectivity index (χ3n) is 2.21. The normalized spacial score (nSPS) is 21.1. The van der Waals surface area contributed by atoms with Crippen molar-refractivity contribution in [1.82, 2.24) is 0 Å². The Morgan fingerprint density at radius 2 is 2.07 bits per heavy atom. The lowest BCUT2D eigenvalue weighted by atomic mass is 10.1. The van der Waals surface area contributed by atoms with E-state index in [-0.39, 0.29) is 5.91 Å². The molecule has 0 aromatic heterocycles. The first kappa shape index (κ1) is 9.83. The molecule has 2 rings (SSSR count). The highest BCUT2D eigenvalue weighted by atomic mass is 127. The number of halogens is 1. The molecule has 1 atom stereocenters. The van der Waals surface area contributed by atoms with Crippen LogP contribution in [0.25, 0.3) is 0 Å². The summed E-state index contributed by atoms with van der Waals surface area (Å²) >= 11 is 2.28. The van der Waals surface area contributed by atoms with Crippen molar-refractivity contribution in [2.24, 2.45) is 4.99 Å². The van der Waals surface area contributed by atoms with E-state index in [1.807, 2.05) is 18.2 Å². The minimum Gasteiger partial charge on any atom is -0.273 e. The number of nitrogens with zero attached hydrogens (tertiary/aromatic N) is 1. The van der Waals surface area contributed by atoms with E-state index in [4.69, 9.17) is 0 Å². The second kappa shape index (κ2) is 4.21. The van der Waals surface area contributed by atoms with Gasteiger partial charge in [0.25, 0.3) is 0 Å². The number of rotatable bonds is 2. The molecule has 14 heavy (non-hydrogen) atoms. The number of carbonyl (C=O) groups excluding carboxylic acids is 1. The second-order valence-electron chi connectivity index (χ2n) is 3.33. The van der Waals surface area contributed by atoms with E-state index in [9.17, 15) is 4.79 Å². The fraction of sp³-hybridized carbons (Fsp3) is 0.273. The molecule has 0 aliphatic carbocycles. The van der Waals surface area contributed by atoms with Gasteiger partial charge in [0.2, 0.25) is 5.91 Å². The van der Waals surface area contributed by atoms with Gasteiger partial charge in [-0.05, 0) is 5.56 Å². The average Bonchev–Trinajstić information content (AvgIpc) is 2.47. The summed E-state index contributed by atoms with van der Waals surface area (Å²) in [7, 11) is 0. The standard InChI is InChI=1S/C11H10INO/c12-9-7-11(14)13-10(9)6-8-4-2-1-3-5-8/h1-5,9H,6-7H2. The number of carbonyl (C=O) groups is 1. The lowest BCUT2D eigenvalue weighted by Crippen LogP contribution is -2.11. The van der Waals surface area contributed by atoms with Crippen molar-refractivity contribution in [3.05, 3.63) is 35.9 Å². The van der Waals surface area contributed by atoms with E-state index in [1.165, 1.54) is 5.56 Å². The molecule has 0 saturated carbocycles. The van der Waals surface area contributed by atoms with Gasteiger partial charge in [0, 0.05) is 18.6 Å². The van der Waals surface area contributed by atoms with E-state index >= 15 is 0 Å². The van der Waals surface area contributed by atoms with Crippen LogP contribution in [-0.4, -0.2) is 15.5 Å². The Balaban J connectivity index is 2.12. The van der Waals surface area contributed by atoms with E-state index in [0.717, 1.165) is 12.1 Å². The molecular formula is C11H10INO. The van der Waals surface area contributed by atoms with Gasteiger partial charge >= 0.3 is 0 Å². The summed E-state index contributed by atoms with van der Waals surface area (Å²) in [6, 6.07) is 10.1. The highest BCUT2D eigenvalue weighted by Gasteiger charge is 2.23. The lowest BCUT2D eigenvalue weighted by Gasteiger charge is -2.03. The summed E-state index contributed by atoms with van der Waals surface area (Å²) in [6.45, 7) is 0. The van der Waals surface area contributed by atoms with Gasteiger partial charge in [0.1, 0.15) is 0 Å². The van der Waals surface area contributed by atoms with Crippen molar-refractivity contribution < 1.29 is 4.79 Å². The maximum atomic E-state index is 11.1. The monoisotopic (exact) mass is 299 g/mol. The molecule has 2 nitrogen and oxygen atoms in total. The van der Waals surface area contributed by atoms with Crippen molar-refractivity contribution in [2.75, 3.05) is 0 Å². The third-order valence-corrected chi connectivity index (χ3v) is 3.37. The Hall–Kier alpha value is -0.710. The molecule has 0 bridgehead atoms. The molecule has 1 aromatic rings. The zero-order valence-corrected chi connectivity index (χ0v) is 9.77. The first-order chi connectivity index (χ1) is 6.75. The van der Waals surface area contributed by atoms with Crippen molar-refractivity contribution in [3.63, 3.8) is 0 Å². The highest BCUT2D eigenvalue weighted by molar-refractivity contribution is 14.1. The van der Waals surface area contributed by atoms with Gasteiger partial charge in [-0.3, -0.25) is 4.79 Å². The number of amides is 1. The molecule has 72 valence electrons. The zero-order valence-electron chi connectivity index (χ0n) is 7.61. The Morgan fingerprint density at radius 1 is 1.36 bits per heavy atom. The predicted octanol–water partition coefficient (Wildman–Crippen LogP) is 2.40. The van der Waals surface area contributed by atoms with Crippen LogP contribution >= 0.6 is 22.6 Å². The maximum absolute atomic E-state index is 11.1. The topological polar surface area (TPSA) is 29.4 Å². The van der Waals surface area contributed by atoms with Gasteiger partial charge in [0.05, 0.1) is 3.92 Å². The first-order valence-electron chi connectivity index (χ1n) is 4.54. The number of aliphatic imine (C=N–C) groups is 1. The van der Waals surface area contributed by atoms with Crippen LogP contribution in [-0.2, 0) is 11.2 Å². The van der Waals surface area contributed by atoms with Crippen LogP contribution in [0, 0.1) is 0 Å². The molecule has 1 aliphatic heterocycles. The van der Waals surface area contributed by atoms with Gasteiger partial charge < -0.3 is 0 Å². The highest BCUT2D eigenvalue weighted by Crippen LogP contribution is 2.19. The molecule has 1 aliphatic rings. The third kappa shape index (κ3) is 2.20. The van der Waals surface area contributed by atoms with Gasteiger partial charge in [-0.15, -0.1) is 0 Å². The van der Waals surface area contributed by atoms with Gasteiger partial charge in [-0.1, -0.05) is 52.9 Å². The summed E-state index contributed by atoms with van der Waals surface area (Å²) in [5.74, 6) is 0.0235. The molecule has 1 unspecified atom stereocenters. The molecule has 1 aromatic carbocycles. The van der Waals surface area contributed by atoms with E-state index in [1.54, 1.807) is 0 Å². The minimum atomic E-state index is 0.0235. The SMILES string of the molecule is O=C1CC(I)C(Cc2ccccc2)=N1. The van der Waals surface area contributed by atoms with Crippen molar-refractivity contribution in [3.8, 4) is 0 Å². The molecule has 1 amide bonds. The van der Waals surface area contributed by atoms with Crippen LogP contribution in [0.15, 0.2) is 35.3 Å². The van der Waals surface area contributed by atoms with Crippen LogP contribution in [0.3, 0.4) is 0 Å². The van der Waals surface area contributed by atoms with Crippen LogP contribution in [0.1, 0.15) is 12.0 Å². The largest absolute Gasteiger partial charge is 0.273 e. The first-order valence-corrected chi connectivity index (χ1v) is 5.78. The second-order valence-corrected chi connectivity index (χ2v) is 4.83. The summed E-state index contributed by atoms with van der Waals surface area (Å²) in [5, 5.41) is 0. The molecule has 3 heteroatoms. The van der Waals surface area contributed by atoms with E-state index in [0.29, 0.717) is 10.3 Å². The van der Waals surface area contributed by atoms with Gasteiger partial charge in [-0.2, -0.15) is 0 Å². The zero-order chi connectivity index (χ0) is 9.97. The Kier molecular flexibility index (Phi) is 2.96. The summed E-state index contributed by atoms with van der Waals surface area (Å²) in [4.78, 5) is 15.1. The molecule has 1 heterocycles. The molecule has 0 fully saturated rings. The number of hydrogen-bond donors (Lipinski definition) is 0. The lowest BCUT2D eigenvalue weighted by molar-refractivity contribution is -0.116. The van der Waals surface area contributed by atoms with Crippen molar-refractivity contribution >= 4 is 34.2 Å². The average molecular weight is 299 g/mol. The molecular weight excluding hydrogens is 289 g/mol. The van der Waals surface area contributed by atoms with Crippen LogP contribution < -0.4 is 0 Å². The molecule has 0 radical (unpaired) electrons. The summed E-state index contributed by atoms with van der Waals surface area (Å²) < 4.78 is 0.292. The van der Waals surface area contributed by atoms with Crippen molar-refractivity contribution in [2.45, 2.75) is 16.8 Å². The number of alkyl halides is 1. The Morgan fingerprint density at radius 3 is 2.64 bits per heavy atom. The predicted molar refractivity (Wildman–Crippen MR) is 65.0 cm³/mol. The van der Waals surface area contributed by atoms with E-state index in [2.05, 4.69) is 39.7 Å².